The number of aliphatic carboxylic acids is 1. The van der Waals surface area contributed by atoms with Gasteiger partial charge in [0.25, 0.3) is 0 Å². The van der Waals surface area contributed by atoms with E-state index < -0.39 is 17.7 Å². The van der Waals surface area contributed by atoms with E-state index in [1.807, 2.05) is 71.0 Å². The van der Waals surface area contributed by atoms with E-state index in [0.29, 0.717) is 51.7 Å². The van der Waals surface area contributed by atoms with E-state index in [1.54, 1.807) is 18.3 Å². The van der Waals surface area contributed by atoms with Crippen LogP contribution in [0, 0.1) is 12.7 Å². The topological polar surface area (TPSA) is 71.9 Å². The third-order valence-corrected chi connectivity index (χ3v) is 6.87. The zero-order valence-corrected chi connectivity index (χ0v) is 22.7. The molecule has 0 amide bonds. The van der Waals surface area contributed by atoms with Crippen LogP contribution in [0.1, 0.15) is 49.1 Å². The Morgan fingerprint density at radius 2 is 1.95 bits per heavy atom. The molecule has 0 aliphatic carbocycles. The first kappa shape index (κ1) is 26.1. The molecule has 1 aromatic heterocycles. The number of benzene rings is 3. The van der Waals surface area contributed by atoms with Crippen LogP contribution in [0.2, 0.25) is 0 Å². The second-order valence-corrected chi connectivity index (χ2v) is 11.2. The van der Waals surface area contributed by atoms with Gasteiger partial charge in [0, 0.05) is 46.6 Å². The number of pyridine rings is 1. The third-order valence-electron chi connectivity index (χ3n) is 6.87. The molecule has 4 aromatic rings. The molecule has 3 aromatic carbocycles. The van der Waals surface area contributed by atoms with Gasteiger partial charge in [-0.05, 0) is 88.1 Å². The Bertz CT molecular complexity index is 1560. The van der Waals surface area contributed by atoms with Crippen LogP contribution in [0.4, 0.5) is 4.39 Å². The molecule has 1 atom stereocenters. The lowest BCUT2D eigenvalue weighted by Crippen LogP contribution is -2.28. The van der Waals surface area contributed by atoms with Gasteiger partial charge in [0.05, 0.1) is 17.7 Å². The normalized spacial score (nSPS) is 14.2. The van der Waals surface area contributed by atoms with Gasteiger partial charge in [-0.25, -0.2) is 9.18 Å². The lowest BCUT2D eigenvalue weighted by atomic mass is 9.85. The van der Waals surface area contributed by atoms with Crippen LogP contribution >= 0.6 is 0 Å². The van der Waals surface area contributed by atoms with E-state index >= 15 is 4.39 Å². The molecule has 2 heterocycles. The van der Waals surface area contributed by atoms with Crippen LogP contribution in [-0.2, 0) is 22.5 Å². The molecule has 1 N–H and O–H groups in total. The number of hydrogen-bond acceptors (Lipinski definition) is 5. The second-order valence-electron chi connectivity index (χ2n) is 11.2. The maximum atomic E-state index is 16.0. The molecule has 0 bridgehead atoms. The molecular weight excluding hydrogens is 483 g/mol. The Kier molecular flexibility index (Phi) is 6.61. The minimum atomic E-state index is -1.26. The summed E-state index contributed by atoms with van der Waals surface area (Å²) in [6.45, 7) is 8.34. The van der Waals surface area contributed by atoms with Crippen molar-refractivity contribution in [2.75, 3.05) is 20.7 Å². The molecular formula is C31H33FN2O4. The molecule has 5 rings (SSSR count). The zero-order chi connectivity index (χ0) is 27.4. The standard InChI is InChI=1S/C31H33FN2O4/c1-17-15-22-20(8-7-19(27(22)32)16-34(5)6)26(24(17)29(30(35)36)38-31(2,3)4)21-9-10-23-25-18(12-14-37-23)11-13-33-28(21)25/h7-11,13,15,29H,12,14,16H2,1-6H3,(H,35,36)/t29-/m0/s1. The summed E-state index contributed by atoms with van der Waals surface area (Å²) < 4.78 is 28.0. The van der Waals surface area contributed by atoms with E-state index in [-0.39, 0.29) is 5.82 Å². The summed E-state index contributed by atoms with van der Waals surface area (Å²) in [5.74, 6) is -0.668. The number of ether oxygens (including phenoxy) is 2. The molecule has 6 nitrogen and oxygen atoms in total. The number of carboxylic acid groups (broad SMARTS) is 1. The van der Waals surface area contributed by atoms with Crippen molar-refractivity contribution in [3.63, 3.8) is 0 Å². The van der Waals surface area contributed by atoms with Gasteiger partial charge >= 0.3 is 5.97 Å². The summed E-state index contributed by atoms with van der Waals surface area (Å²) in [6, 6.07) is 11.2. The molecule has 38 heavy (non-hydrogen) atoms. The number of carboxylic acids is 1. The highest BCUT2D eigenvalue weighted by molar-refractivity contribution is 6.09. The van der Waals surface area contributed by atoms with Crippen LogP contribution in [-0.4, -0.2) is 47.3 Å². The molecule has 1 aliphatic rings. The van der Waals surface area contributed by atoms with Gasteiger partial charge in [-0.3, -0.25) is 4.98 Å². The summed E-state index contributed by atoms with van der Waals surface area (Å²) in [4.78, 5) is 19.3. The van der Waals surface area contributed by atoms with Crippen molar-refractivity contribution in [3.8, 4) is 16.9 Å². The number of halogens is 1. The van der Waals surface area contributed by atoms with Crippen molar-refractivity contribution in [3.05, 3.63) is 70.7 Å². The van der Waals surface area contributed by atoms with Crippen molar-refractivity contribution in [2.24, 2.45) is 0 Å². The number of rotatable bonds is 6. The van der Waals surface area contributed by atoms with Gasteiger partial charge in [0.15, 0.2) is 6.10 Å². The quantitative estimate of drug-likeness (QED) is 0.318. The third kappa shape index (κ3) is 4.61. The zero-order valence-electron chi connectivity index (χ0n) is 22.7. The van der Waals surface area contributed by atoms with Gasteiger partial charge in [-0.15, -0.1) is 0 Å². The maximum Gasteiger partial charge on any atom is 0.337 e. The Morgan fingerprint density at radius 3 is 2.63 bits per heavy atom. The number of aromatic nitrogens is 1. The predicted octanol–water partition coefficient (Wildman–Crippen LogP) is 6.44. The summed E-state index contributed by atoms with van der Waals surface area (Å²) in [7, 11) is 3.79. The van der Waals surface area contributed by atoms with Crippen LogP contribution < -0.4 is 4.74 Å². The molecule has 7 heteroatoms. The number of hydrogen-bond donors (Lipinski definition) is 1. The molecule has 0 radical (unpaired) electrons. The molecule has 198 valence electrons. The van der Waals surface area contributed by atoms with E-state index in [9.17, 15) is 9.90 Å². The van der Waals surface area contributed by atoms with E-state index in [2.05, 4.69) is 0 Å². The molecule has 0 fully saturated rings. The monoisotopic (exact) mass is 516 g/mol. The molecule has 0 spiro atoms. The lowest BCUT2D eigenvalue weighted by Gasteiger charge is -2.29. The summed E-state index contributed by atoms with van der Waals surface area (Å²) >= 11 is 0. The summed E-state index contributed by atoms with van der Waals surface area (Å²) in [5, 5.41) is 12.3. The minimum Gasteiger partial charge on any atom is -0.493 e. The second kappa shape index (κ2) is 9.64. The highest BCUT2D eigenvalue weighted by atomic mass is 19.1. The average molecular weight is 517 g/mol. The highest BCUT2D eigenvalue weighted by Crippen LogP contribution is 2.45. The lowest BCUT2D eigenvalue weighted by molar-refractivity contribution is -0.160. The largest absolute Gasteiger partial charge is 0.493 e. The van der Waals surface area contributed by atoms with Gasteiger partial charge in [0.2, 0.25) is 0 Å². The fourth-order valence-electron chi connectivity index (χ4n) is 5.41. The average Bonchev–Trinajstić information content (AvgIpc) is 2.84. The molecule has 0 unspecified atom stereocenters. The van der Waals surface area contributed by atoms with E-state index in [1.165, 1.54) is 0 Å². The van der Waals surface area contributed by atoms with Crippen LogP contribution in [0.25, 0.3) is 32.8 Å². The molecule has 0 saturated heterocycles. The number of carbonyl (C=O) groups is 1. The van der Waals surface area contributed by atoms with Gasteiger partial charge in [0.1, 0.15) is 11.6 Å². The Balaban J connectivity index is 1.91. The number of fused-ring (bicyclic) bond motifs is 1. The van der Waals surface area contributed by atoms with Crippen molar-refractivity contribution in [1.29, 1.82) is 0 Å². The van der Waals surface area contributed by atoms with Crippen LogP contribution in [0.15, 0.2) is 42.6 Å². The van der Waals surface area contributed by atoms with Crippen molar-refractivity contribution in [2.45, 2.75) is 52.4 Å². The minimum absolute atomic E-state index is 0.310. The summed E-state index contributed by atoms with van der Waals surface area (Å²) in [6.07, 6.45) is 1.26. The number of aryl methyl sites for hydroxylation is 1. The van der Waals surface area contributed by atoms with Crippen LogP contribution in [0.3, 0.4) is 0 Å². The fraction of sp³-hybridized carbons (Fsp3) is 0.355. The first-order valence-corrected chi connectivity index (χ1v) is 12.8. The van der Waals surface area contributed by atoms with Gasteiger partial charge in [-0.1, -0.05) is 12.1 Å². The molecule has 0 saturated carbocycles. The highest BCUT2D eigenvalue weighted by Gasteiger charge is 2.33. The van der Waals surface area contributed by atoms with Gasteiger partial charge < -0.3 is 19.5 Å². The van der Waals surface area contributed by atoms with Crippen LogP contribution in [0.5, 0.6) is 5.75 Å². The van der Waals surface area contributed by atoms with E-state index in [4.69, 9.17) is 14.5 Å². The van der Waals surface area contributed by atoms with Crippen molar-refractivity contribution < 1.29 is 23.8 Å². The maximum absolute atomic E-state index is 16.0. The number of nitrogens with zero attached hydrogens (tertiary/aromatic N) is 2. The smallest absolute Gasteiger partial charge is 0.337 e. The van der Waals surface area contributed by atoms with Crippen molar-refractivity contribution >= 4 is 27.6 Å². The van der Waals surface area contributed by atoms with E-state index in [0.717, 1.165) is 28.7 Å². The molecule has 1 aliphatic heterocycles. The van der Waals surface area contributed by atoms with Crippen molar-refractivity contribution in [1.82, 2.24) is 9.88 Å². The first-order valence-electron chi connectivity index (χ1n) is 12.8. The SMILES string of the molecule is Cc1cc2c(F)c(CN(C)C)ccc2c(-c2ccc3c4c(ccnc24)CCO3)c1[C@H](OC(C)(C)C)C(=O)O. The van der Waals surface area contributed by atoms with Gasteiger partial charge in [-0.2, -0.15) is 0 Å². The Labute approximate surface area is 222 Å². The summed E-state index contributed by atoms with van der Waals surface area (Å²) in [5.41, 5.74) is 4.15. The predicted molar refractivity (Wildman–Crippen MR) is 147 cm³/mol. The first-order chi connectivity index (χ1) is 18.0. The Hall–Kier alpha value is -3.55. The Morgan fingerprint density at radius 1 is 1.18 bits per heavy atom. The fourth-order valence-corrected chi connectivity index (χ4v) is 5.41.